The maximum atomic E-state index is 5.68. The highest BCUT2D eigenvalue weighted by molar-refractivity contribution is 9.10. The maximum Gasteiger partial charge on any atom is 0.183 e. The lowest BCUT2D eigenvalue weighted by Crippen LogP contribution is -2.27. The summed E-state index contributed by atoms with van der Waals surface area (Å²) in [6.07, 6.45) is 0. The topological polar surface area (TPSA) is 18.5 Å². The fraction of sp³-hybridized carbons (Fsp3) is 0.455. The molecule has 1 rings (SSSR count). The van der Waals surface area contributed by atoms with Gasteiger partial charge in [-0.25, -0.2) is 0 Å². The second kappa shape index (κ2) is 5.68. The third-order valence-corrected chi connectivity index (χ3v) is 3.30. The van der Waals surface area contributed by atoms with Crippen LogP contribution in [0.5, 0.6) is 5.75 Å². The van der Waals surface area contributed by atoms with Crippen LogP contribution in [0.1, 0.15) is 0 Å². The highest BCUT2D eigenvalue weighted by Crippen LogP contribution is 2.16. The summed E-state index contributed by atoms with van der Waals surface area (Å²) in [7, 11) is -1.39. The smallest absolute Gasteiger partial charge is 0.183 e. The highest BCUT2D eigenvalue weighted by atomic mass is 79.9. The molecular formula is C11H17BrO2Si. The molecule has 0 unspecified atom stereocenters. The van der Waals surface area contributed by atoms with E-state index in [9.17, 15) is 0 Å². The molecule has 0 heterocycles. The molecule has 4 heteroatoms. The summed E-state index contributed by atoms with van der Waals surface area (Å²) in [6, 6.07) is 7.82. The molecule has 0 radical (unpaired) electrons. The predicted octanol–water partition coefficient (Wildman–Crippen LogP) is 3.68. The van der Waals surface area contributed by atoms with Crippen molar-refractivity contribution < 1.29 is 9.16 Å². The summed E-state index contributed by atoms with van der Waals surface area (Å²) in [5.74, 6) is 0.886. The van der Waals surface area contributed by atoms with Crippen LogP contribution in [0.2, 0.25) is 19.6 Å². The van der Waals surface area contributed by atoms with Gasteiger partial charge in [0.15, 0.2) is 8.32 Å². The summed E-state index contributed by atoms with van der Waals surface area (Å²) in [6.45, 7) is 7.81. The fourth-order valence-corrected chi connectivity index (χ4v) is 2.00. The molecule has 0 spiro atoms. The van der Waals surface area contributed by atoms with Gasteiger partial charge in [-0.2, -0.15) is 0 Å². The van der Waals surface area contributed by atoms with Crippen LogP contribution in [0.4, 0.5) is 0 Å². The summed E-state index contributed by atoms with van der Waals surface area (Å²) >= 11 is 3.38. The van der Waals surface area contributed by atoms with Crippen molar-refractivity contribution in [2.45, 2.75) is 19.6 Å². The van der Waals surface area contributed by atoms with Crippen LogP contribution in [0, 0.1) is 0 Å². The summed E-state index contributed by atoms with van der Waals surface area (Å²) in [5.41, 5.74) is 0. The lowest BCUT2D eigenvalue weighted by atomic mass is 10.3. The maximum absolute atomic E-state index is 5.68. The minimum absolute atomic E-state index is 0.617. The Morgan fingerprint density at radius 1 is 1.07 bits per heavy atom. The van der Waals surface area contributed by atoms with E-state index >= 15 is 0 Å². The molecule has 0 bridgehead atoms. The van der Waals surface area contributed by atoms with Crippen molar-refractivity contribution in [3.8, 4) is 5.75 Å². The van der Waals surface area contributed by atoms with E-state index in [-0.39, 0.29) is 0 Å². The van der Waals surface area contributed by atoms with Crippen molar-refractivity contribution in [3.63, 3.8) is 0 Å². The SMILES string of the molecule is C[Si](C)(C)OCCOc1ccc(Br)cc1. The molecule has 0 aliphatic rings. The molecule has 2 nitrogen and oxygen atoms in total. The molecule has 0 fully saturated rings. The Morgan fingerprint density at radius 2 is 1.67 bits per heavy atom. The lowest BCUT2D eigenvalue weighted by Gasteiger charge is -2.17. The molecule has 0 aliphatic heterocycles. The largest absolute Gasteiger partial charge is 0.491 e. The van der Waals surface area contributed by atoms with Crippen LogP contribution in [0.3, 0.4) is 0 Å². The van der Waals surface area contributed by atoms with Gasteiger partial charge in [0.1, 0.15) is 12.4 Å². The number of hydrogen-bond donors (Lipinski definition) is 0. The zero-order valence-corrected chi connectivity index (χ0v) is 12.0. The fourth-order valence-electron chi connectivity index (χ4n) is 1.04. The van der Waals surface area contributed by atoms with Crippen LogP contribution in [0.15, 0.2) is 28.7 Å². The van der Waals surface area contributed by atoms with E-state index in [4.69, 9.17) is 9.16 Å². The van der Waals surface area contributed by atoms with E-state index in [0.29, 0.717) is 13.2 Å². The molecule has 0 aliphatic carbocycles. The lowest BCUT2D eigenvalue weighted by molar-refractivity contribution is 0.212. The number of benzene rings is 1. The van der Waals surface area contributed by atoms with Crippen LogP contribution in [-0.2, 0) is 4.43 Å². The Labute approximate surface area is 101 Å². The van der Waals surface area contributed by atoms with Crippen LogP contribution < -0.4 is 4.74 Å². The van der Waals surface area contributed by atoms with Gasteiger partial charge in [-0.15, -0.1) is 0 Å². The average Bonchev–Trinajstić information content (AvgIpc) is 2.14. The molecular weight excluding hydrogens is 272 g/mol. The van der Waals surface area contributed by atoms with E-state index in [1.807, 2.05) is 24.3 Å². The second-order valence-corrected chi connectivity index (χ2v) is 9.69. The van der Waals surface area contributed by atoms with Gasteiger partial charge in [-0.3, -0.25) is 0 Å². The van der Waals surface area contributed by atoms with Gasteiger partial charge in [0.25, 0.3) is 0 Å². The summed E-state index contributed by atoms with van der Waals surface area (Å²) in [4.78, 5) is 0. The monoisotopic (exact) mass is 288 g/mol. The van der Waals surface area contributed by atoms with E-state index < -0.39 is 8.32 Å². The van der Waals surface area contributed by atoms with Gasteiger partial charge < -0.3 is 9.16 Å². The second-order valence-electron chi connectivity index (χ2n) is 4.26. The highest BCUT2D eigenvalue weighted by Gasteiger charge is 2.13. The number of hydrogen-bond acceptors (Lipinski definition) is 2. The van der Waals surface area contributed by atoms with Gasteiger partial charge in [-0.05, 0) is 43.9 Å². The first kappa shape index (κ1) is 12.7. The van der Waals surface area contributed by atoms with Gasteiger partial charge in [0, 0.05) is 4.47 Å². The number of ether oxygens (including phenoxy) is 1. The van der Waals surface area contributed by atoms with Crippen molar-refractivity contribution in [2.75, 3.05) is 13.2 Å². The zero-order valence-electron chi connectivity index (χ0n) is 9.42. The van der Waals surface area contributed by atoms with E-state index in [1.165, 1.54) is 0 Å². The van der Waals surface area contributed by atoms with Crippen molar-refractivity contribution in [2.24, 2.45) is 0 Å². The van der Waals surface area contributed by atoms with Gasteiger partial charge >= 0.3 is 0 Å². The van der Waals surface area contributed by atoms with Crippen molar-refractivity contribution >= 4 is 24.2 Å². The van der Waals surface area contributed by atoms with Crippen molar-refractivity contribution in [1.82, 2.24) is 0 Å². The van der Waals surface area contributed by atoms with Gasteiger partial charge in [-0.1, -0.05) is 15.9 Å². The molecule has 15 heavy (non-hydrogen) atoms. The number of halogens is 1. The molecule has 0 aromatic heterocycles. The van der Waals surface area contributed by atoms with Gasteiger partial charge in [0.05, 0.1) is 6.61 Å². The van der Waals surface area contributed by atoms with Crippen LogP contribution >= 0.6 is 15.9 Å². The minimum Gasteiger partial charge on any atom is -0.491 e. The van der Waals surface area contributed by atoms with E-state index in [1.54, 1.807) is 0 Å². The molecule has 84 valence electrons. The van der Waals surface area contributed by atoms with Gasteiger partial charge in [0.2, 0.25) is 0 Å². The predicted molar refractivity (Wildman–Crippen MR) is 68.9 cm³/mol. The Morgan fingerprint density at radius 3 is 2.20 bits per heavy atom. The Bertz CT molecular complexity index is 292. The summed E-state index contributed by atoms with van der Waals surface area (Å²) in [5, 5.41) is 0. The Kier molecular flexibility index (Phi) is 4.82. The average molecular weight is 289 g/mol. The first-order valence-electron chi connectivity index (χ1n) is 5.00. The van der Waals surface area contributed by atoms with Crippen LogP contribution in [0.25, 0.3) is 0 Å². The molecule has 1 aromatic rings. The third-order valence-electron chi connectivity index (χ3n) is 1.70. The first-order chi connectivity index (χ1) is 6.97. The standard InChI is InChI=1S/C11H17BrO2Si/c1-15(2,3)14-9-8-13-11-6-4-10(12)5-7-11/h4-7H,8-9H2,1-3H3. The van der Waals surface area contributed by atoms with Crippen LogP contribution in [-0.4, -0.2) is 21.5 Å². The molecule has 0 amide bonds. The van der Waals surface area contributed by atoms with E-state index in [0.717, 1.165) is 10.2 Å². The van der Waals surface area contributed by atoms with E-state index in [2.05, 4.69) is 35.6 Å². The molecule has 0 saturated heterocycles. The third kappa shape index (κ3) is 5.97. The first-order valence-corrected chi connectivity index (χ1v) is 9.20. The normalized spacial score (nSPS) is 11.5. The quantitative estimate of drug-likeness (QED) is 0.608. The summed E-state index contributed by atoms with van der Waals surface area (Å²) < 4.78 is 12.3. The molecule has 0 N–H and O–H groups in total. The molecule has 0 atom stereocenters. The Hall–Kier alpha value is -0.323. The molecule has 0 saturated carbocycles. The Balaban J connectivity index is 2.23. The molecule has 1 aromatic carbocycles. The minimum atomic E-state index is -1.39. The van der Waals surface area contributed by atoms with Crippen molar-refractivity contribution in [3.05, 3.63) is 28.7 Å². The number of rotatable bonds is 5. The zero-order chi connectivity index (χ0) is 11.3. The van der Waals surface area contributed by atoms with Crippen molar-refractivity contribution in [1.29, 1.82) is 0 Å².